The summed E-state index contributed by atoms with van der Waals surface area (Å²) in [5.74, 6) is 0.648. The van der Waals surface area contributed by atoms with Gasteiger partial charge in [-0.05, 0) is 34.2 Å². The van der Waals surface area contributed by atoms with Gasteiger partial charge in [-0.2, -0.15) is 0 Å². The molecule has 0 bridgehead atoms. The third-order valence-electron chi connectivity index (χ3n) is 2.70. The Labute approximate surface area is 114 Å². The molecule has 0 saturated carbocycles. The van der Waals surface area contributed by atoms with Crippen LogP contribution < -0.4 is 0 Å². The maximum absolute atomic E-state index is 6.17. The Bertz CT molecular complexity index is 680. The van der Waals surface area contributed by atoms with Gasteiger partial charge in [0.05, 0.1) is 11.6 Å². The number of pyridine rings is 1. The van der Waals surface area contributed by atoms with E-state index in [4.69, 9.17) is 11.6 Å². The summed E-state index contributed by atoms with van der Waals surface area (Å²) in [6.45, 7) is 0.557. The van der Waals surface area contributed by atoms with Crippen LogP contribution in [0.5, 0.6) is 0 Å². The number of tetrazole rings is 1. The number of benzene rings is 1. The molecule has 0 atom stereocenters. The topological polar surface area (TPSA) is 56.5 Å². The molecule has 0 aliphatic rings. The summed E-state index contributed by atoms with van der Waals surface area (Å²) in [6, 6.07) is 11.4. The smallest absolute Gasteiger partial charge is 0.183 e. The van der Waals surface area contributed by atoms with E-state index in [9.17, 15) is 0 Å². The van der Waals surface area contributed by atoms with Crippen molar-refractivity contribution in [3.63, 3.8) is 0 Å². The molecule has 0 unspecified atom stereocenters. The summed E-state index contributed by atoms with van der Waals surface area (Å²) in [5.41, 5.74) is 1.85. The highest BCUT2D eigenvalue weighted by Crippen LogP contribution is 2.25. The van der Waals surface area contributed by atoms with Crippen molar-refractivity contribution in [3.8, 4) is 11.4 Å². The lowest BCUT2D eigenvalue weighted by atomic mass is 10.2. The first kappa shape index (κ1) is 11.8. The number of hydrogen-bond acceptors (Lipinski definition) is 4. The maximum Gasteiger partial charge on any atom is 0.183 e. The van der Waals surface area contributed by atoms with Crippen LogP contribution in [0.25, 0.3) is 11.4 Å². The first-order chi connectivity index (χ1) is 9.34. The molecule has 0 aliphatic carbocycles. The lowest BCUT2D eigenvalue weighted by Crippen LogP contribution is -2.04. The summed E-state index contributed by atoms with van der Waals surface area (Å²) in [6.07, 6.45) is 3.52. The molecule has 19 heavy (non-hydrogen) atoms. The van der Waals surface area contributed by atoms with E-state index in [2.05, 4.69) is 20.5 Å². The molecular weight excluding hydrogens is 262 g/mol. The average molecular weight is 272 g/mol. The van der Waals surface area contributed by atoms with Gasteiger partial charge < -0.3 is 0 Å². The second-order valence-corrected chi connectivity index (χ2v) is 4.41. The van der Waals surface area contributed by atoms with E-state index in [1.54, 1.807) is 17.1 Å². The van der Waals surface area contributed by atoms with Gasteiger partial charge in [0.1, 0.15) is 0 Å². The molecule has 0 N–H and O–H groups in total. The molecule has 0 amide bonds. The van der Waals surface area contributed by atoms with E-state index in [1.807, 2.05) is 36.4 Å². The Hall–Kier alpha value is -2.27. The molecule has 6 heteroatoms. The molecular formula is C13H10ClN5. The zero-order chi connectivity index (χ0) is 13.1. The molecule has 2 aromatic heterocycles. The van der Waals surface area contributed by atoms with Crippen molar-refractivity contribution in [1.82, 2.24) is 25.2 Å². The van der Waals surface area contributed by atoms with Gasteiger partial charge in [-0.1, -0.05) is 29.8 Å². The van der Waals surface area contributed by atoms with Gasteiger partial charge in [-0.3, -0.25) is 4.98 Å². The molecule has 3 rings (SSSR count). The summed E-state index contributed by atoms with van der Waals surface area (Å²) in [5, 5.41) is 12.4. The lowest BCUT2D eigenvalue weighted by molar-refractivity contribution is 0.652. The minimum atomic E-state index is 0.557. The highest BCUT2D eigenvalue weighted by atomic mass is 35.5. The molecule has 0 spiro atoms. The number of hydrogen-bond donors (Lipinski definition) is 0. The summed E-state index contributed by atoms with van der Waals surface area (Å²) in [7, 11) is 0. The van der Waals surface area contributed by atoms with Gasteiger partial charge in [-0.25, -0.2) is 4.68 Å². The van der Waals surface area contributed by atoms with E-state index in [-0.39, 0.29) is 0 Å². The number of nitrogens with zero attached hydrogens (tertiary/aromatic N) is 5. The van der Waals surface area contributed by atoms with Crippen LogP contribution in [0, 0.1) is 0 Å². The van der Waals surface area contributed by atoms with E-state index in [0.29, 0.717) is 17.4 Å². The lowest BCUT2D eigenvalue weighted by Gasteiger charge is -2.05. The Kier molecular flexibility index (Phi) is 3.20. The standard InChI is InChI=1S/C13H10ClN5/c14-12-6-2-1-5-11(12)13-16-17-18-19(13)9-10-4-3-7-15-8-10/h1-8H,9H2. The van der Waals surface area contributed by atoms with Crippen LogP contribution in [-0.2, 0) is 6.54 Å². The van der Waals surface area contributed by atoms with Crippen LogP contribution in [-0.4, -0.2) is 25.2 Å². The fourth-order valence-corrected chi connectivity index (χ4v) is 2.03. The maximum atomic E-state index is 6.17. The molecule has 94 valence electrons. The van der Waals surface area contributed by atoms with Crippen molar-refractivity contribution in [2.24, 2.45) is 0 Å². The van der Waals surface area contributed by atoms with Crippen LogP contribution in [0.2, 0.25) is 5.02 Å². The highest BCUT2D eigenvalue weighted by molar-refractivity contribution is 6.33. The van der Waals surface area contributed by atoms with Gasteiger partial charge in [-0.15, -0.1) is 5.10 Å². The fourth-order valence-electron chi connectivity index (χ4n) is 1.81. The number of halogens is 1. The number of rotatable bonds is 3. The van der Waals surface area contributed by atoms with E-state index >= 15 is 0 Å². The van der Waals surface area contributed by atoms with Gasteiger partial charge in [0.25, 0.3) is 0 Å². The molecule has 0 radical (unpaired) electrons. The van der Waals surface area contributed by atoms with Crippen molar-refractivity contribution in [1.29, 1.82) is 0 Å². The van der Waals surface area contributed by atoms with Gasteiger partial charge in [0, 0.05) is 18.0 Å². The number of aromatic nitrogens is 5. The molecule has 3 aromatic rings. The van der Waals surface area contributed by atoms with Crippen molar-refractivity contribution in [2.45, 2.75) is 6.54 Å². The average Bonchev–Trinajstić information content (AvgIpc) is 2.88. The molecule has 2 heterocycles. The Balaban J connectivity index is 1.98. The van der Waals surface area contributed by atoms with Crippen molar-refractivity contribution < 1.29 is 0 Å². The quantitative estimate of drug-likeness (QED) is 0.734. The first-order valence-electron chi connectivity index (χ1n) is 5.74. The van der Waals surface area contributed by atoms with E-state index in [0.717, 1.165) is 11.1 Å². The normalized spacial score (nSPS) is 10.6. The van der Waals surface area contributed by atoms with Crippen LogP contribution >= 0.6 is 11.6 Å². The third kappa shape index (κ3) is 2.46. The predicted molar refractivity (Wildman–Crippen MR) is 71.6 cm³/mol. The summed E-state index contributed by atoms with van der Waals surface area (Å²) in [4.78, 5) is 4.08. The largest absolute Gasteiger partial charge is 0.264 e. The highest BCUT2D eigenvalue weighted by Gasteiger charge is 2.12. The second kappa shape index (κ2) is 5.16. The first-order valence-corrected chi connectivity index (χ1v) is 6.12. The minimum Gasteiger partial charge on any atom is -0.264 e. The third-order valence-corrected chi connectivity index (χ3v) is 3.03. The Morgan fingerprint density at radius 3 is 2.79 bits per heavy atom. The van der Waals surface area contributed by atoms with Gasteiger partial charge >= 0.3 is 0 Å². The molecule has 0 fully saturated rings. The zero-order valence-electron chi connectivity index (χ0n) is 9.94. The van der Waals surface area contributed by atoms with Gasteiger partial charge in [0.15, 0.2) is 5.82 Å². The van der Waals surface area contributed by atoms with E-state index in [1.165, 1.54) is 0 Å². The monoisotopic (exact) mass is 271 g/mol. The molecule has 0 aliphatic heterocycles. The Morgan fingerprint density at radius 2 is 2.00 bits per heavy atom. The van der Waals surface area contributed by atoms with E-state index < -0.39 is 0 Å². The minimum absolute atomic E-state index is 0.557. The summed E-state index contributed by atoms with van der Waals surface area (Å²) < 4.78 is 1.71. The van der Waals surface area contributed by atoms with Crippen LogP contribution in [0.1, 0.15) is 5.56 Å². The van der Waals surface area contributed by atoms with Crippen molar-refractivity contribution in [2.75, 3.05) is 0 Å². The van der Waals surface area contributed by atoms with Crippen LogP contribution in [0.4, 0.5) is 0 Å². The van der Waals surface area contributed by atoms with Gasteiger partial charge in [0.2, 0.25) is 0 Å². The molecule has 0 saturated heterocycles. The van der Waals surface area contributed by atoms with Crippen molar-refractivity contribution in [3.05, 3.63) is 59.4 Å². The summed E-state index contributed by atoms with van der Waals surface area (Å²) >= 11 is 6.17. The SMILES string of the molecule is Clc1ccccc1-c1nnnn1Cc1cccnc1. The molecule has 1 aromatic carbocycles. The molecule has 5 nitrogen and oxygen atoms in total. The fraction of sp³-hybridized carbons (Fsp3) is 0.0769. The van der Waals surface area contributed by atoms with Crippen LogP contribution in [0.15, 0.2) is 48.8 Å². The van der Waals surface area contributed by atoms with Crippen molar-refractivity contribution >= 4 is 11.6 Å². The predicted octanol–water partition coefficient (Wildman–Crippen LogP) is 2.44. The Morgan fingerprint density at radius 1 is 1.11 bits per heavy atom. The van der Waals surface area contributed by atoms with Crippen LogP contribution in [0.3, 0.4) is 0 Å². The second-order valence-electron chi connectivity index (χ2n) is 4.00. The zero-order valence-corrected chi connectivity index (χ0v) is 10.7.